The minimum Gasteiger partial charge on any atom is -0.396 e. The summed E-state index contributed by atoms with van der Waals surface area (Å²) in [5, 5.41) is 9.28. The summed E-state index contributed by atoms with van der Waals surface area (Å²) in [6, 6.07) is 7.13. The maximum Gasteiger partial charge on any atom is 0.0479 e. The van der Waals surface area contributed by atoms with E-state index in [0.717, 1.165) is 13.0 Å². The van der Waals surface area contributed by atoms with Crippen molar-refractivity contribution in [1.29, 1.82) is 0 Å². The van der Waals surface area contributed by atoms with Gasteiger partial charge in [0.2, 0.25) is 0 Å². The Hall–Kier alpha value is -1.02. The van der Waals surface area contributed by atoms with E-state index in [4.69, 9.17) is 0 Å². The molecule has 1 saturated heterocycles. The van der Waals surface area contributed by atoms with Crippen LogP contribution in [0.15, 0.2) is 18.2 Å². The highest BCUT2D eigenvalue weighted by Crippen LogP contribution is 2.30. The third-order valence-corrected chi connectivity index (χ3v) is 3.69. The standard InChI is InChI=1S/C14H21NO/c1-10-6-11(2)8-14(7-10)15-5-4-13(9-16)12(15)3/h6-8,12-13,16H,4-5,9H2,1-3H3. The molecule has 2 rings (SSSR count). The van der Waals surface area contributed by atoms with Gasteiger partial charge < -0.3 is 10.0 Å². The van der Waals surface area contributed by atoms with Crippen molar-refractivity contribution in [2.24, 2.45) is 5.92 Å². The number of aliphatic hydroxyl groups excluding tert-OH is 1. The van der Waals surface area contributed by atoms with Crippen LogP contribution in [0.1, 0.15) is 24.5 Å². The normalized spacial score (nSPS) is 25.1. The first-order valence-electron chi connectivity index (χ1n) is 6.07. The van der Waals surface area contributed by atoms with Gasteiger partial charge in [-0.25, -0.2) is 0 Å². The Bertz CT molecular complexity index is 355. The number of benzene rings is 1. The van der Waals surface area contributed by atoms with Crippen LogP contribution < -0.4 is 4.90 Å². The molecule has 1 aromatic rings. The molecular formula is C14H21NO. The quantitative estimate of drug-likeness (QED) is 0.826. The summed E-state index contributed by atoms with van der Waals surface area (Å²) in [5.74, 6) is 0.431. The zero-order valence-electron chi connectivity index (χ0n) is 10.4. The Morgan fingerprint density at radius 1 is 1.25 bits per heavy atom. The molecule has 1 N–H and O–H groups in total. The van der Waals surface area contributed by atoms with Crippen LogP contribution in [0.3, 0.4) is 0 Å². The van der Waals surface area contributed by atoms with Crippen LogP contribution >= 0.6 is 0 Å². The lowest BCUT2D eigenvalue weighted by molar-refractivity contribution is 0.221. The van der Waals surface area contributed by atoms with E-state index in [1.807, 2.05) is 0 Å². The molecule has 0 saturated carbocycles. The van der Waals surface area contributed by atoms with E-state index >= 15 is 0 Å². The molecule has 0 aromatic heterocycles. The van der Waals surface area contributed by atoms with E-state index in [1.165, 1.54) is 16.8 Å². The average molecular weight is 219 g/mol. The van der Waals surface area contributed by atoms with E-state index in [0.29, 0.717) is 18.6 Å². The summed E-state index contributed by atoms with van der Waals surface area (Å²) in [5.41, 5.74) is 3.94. The predicted octanol–water partition coefficient (Wildman–Crippen LogP) is 2.51. The van der Waals surface area contributed by atoms with Crippen molar-refractivity contribution in [2.75, 3.05) is 18.1 Å². The van der Waals surface area contributed by atoms with Gasteiger partial charge in [0.05, 0.1) is 0 Å². The molecular weight excluding hydrogens is 198 g/mol. The van der Waals surface area contributed by atoms with E-state index in [2.05, 4.69) is 43.9 Å². The van der Waals surface area contributed by atoms with Gasteiger partial charge in [0.25, 0.3) is 0 Å². The largest absolute Gasteiger partial charge is 0.396 e. The molecule has 0 amide bonds. The molecule has 2 heteroatoms. The van der Waals surface area contributed by atoms with Crippen LogP contribution in [0, 0.1) is 19.8 Å². The van der Waals surface area contributed by atoms with Crippen molar-refractivity contribution < 1.29 is 5.11 Å². The summed E-state index contributed by atoms with van der Waals surface area (Å²) in [7, 11) is 0. The fourth-order valence-electron chi connectivity index (χ4n) is 2.73. The first-order valence-corrected chi connectivity index (χ1v) is 6.07. The van der Waals surface area contributed by atoms with Gasteiger partial charge in [-0.3, -0.25) is 0 Å². The number of aliphatic hydroxyl groups is 1. The van der Waals surface area contributed by atoms with Crippen molar-refractivity contribution in [1.82, 2.24) is 0 Å². The number of hydrogen-bond donors (Lipinski definition) is 1. The Kier molecular flexibility index (Phi) is 3.20. The smallest absolute Gasteiger partial charge is 0.0479 e. The monoisotopic (exact) mass is 219 g/mol. The molecule has 88 valence electrons. The second-order valence-electron chi connectivity index (χ2n) is 5.01. The zero-order valence-corrected chi connectivity index (χ0v) is 10.4. The lowest BCUT2D eigenvalue weighted by Crippen LogP contribution is -2.31. The van der Waals surface area contributed by atoms with Crippen molar-refractivity contribution in [3.8, 4) is 0 Å². The third-order valence-electron chi connectivity index (χ3n) is 3.69. The molecule has 0 aliphatic carbocycles. The molecule has 1 aromatic carbocycles. The highest BCUT2D eigenvalue weighted by molar-refractivity contribution is 5.52. The Balaban J connectivity index is 2.25. The predicted molar refractivity (Wildman–Crippen MR) is 67.9 cm³/mol. The van der Waals surface area contributed by atoms with Crippen LogP contribution in [-0.2, 0) is 0 Å². The minimum atomic E-state index is 0.308. The van der Waals surface area contributed by atoms with Gasteiger partial charge in [-0.05, 0) is 50.5 Å². The summed E-state index contributed by atoms with van der Waals surface area (Å²) >= 11 is 0. The molecule has 1 heterocycles. The van der Waals surface area contributed by atoms with Gasteiger partial charge in [0, 0.05) is 30.8 Å². The molecule has 1 aliphatic rings. The SMILES string of the molecule is Cc1cc(C)cc(N2CCC(CO)C2C)c1. The topological polar surface area (TPSA) is 23.5 Å². The Morgan fingerprint density at radius 3 is 2.38 bits per heavy atom. The summed E-state index contributed by atoms with van der Waals surface area (Å²) in [4.78, 5) is 2.42. The van der Waals surface area contributed by atoms with E-state index in [9.17, 15) is 5.11 Å². The molecule has 0 radical (unpaired) electrons. The van der Waals surface area contributed by atoms with Crippen molar-refractivity contribution >= 4 is 5.69 Å². The number of anilines is 1. The van der Waals surface area contributed by atoms with Crippen molar-refractivity contribution in [3.63, 3.8) is 0 Å². The zero-order chi connectivity index (χ0) is 11.7. The number of aryl methyl sites for hydroxylation is 2. The lowest BCUT2D eigenvalue weighted by atomic mass is 10.0. The van der Waals surface area contributed by atoms with Crippen LogP contribution in [0.4, 0.5) is 5.69 Å². The first-order chi connectivity index (χ1) is 7.61. The third kappa shape index (κ3) is 2.07. The summed E-state index contributed by atoms with van der Waals surface area (Å²) in [6.45, 7) is 7.87. The highest BCUT2D eigenvalue weighted by Gasteiger charge is 2.30. The van der Waals surface area contributed by atoms with Gasteiger partial charge in [-0.2, -0.15) is 0 Å². The number of nitrogens with zero attached hydrogens (tertiary/aromatic N) is 1. The van der Waals surface area contributed by atoms with Crippen LogP contribution in [0.25, 0.3) is 0 Å². The van der Waals surface area contributed by atoms with Gasteiger partial charge >= 0.3 is 0 Å². The summed E-state index contributed by atoms with van der Waals surface area (Å²) < 4.78 is 0. The minimum absolute atomic E-state index is 0.308. The molecule has 2 unspecified atom stereocenters. The fourth-order valence-corrected chi connectivity index (χ4v) is 2.73. The lowest BCUT2D eigenvalue weighted by Gasteiger charge is -2.26. The van der Waals surface area contributed by atoms with Crippen molar-refractivity contribution in [3.05, 3.63) is 29.3 Å². The highest BCUT2D eigenvalue weighted by atomic mass is 16.3. The summed E-state index contributed by atoms with van der Waals surface area (Å²) in [6.07, 6.45) is 1.10. The molecule has 16 heavy (non-hydrogen) atoms. The number of rotatable bonds is 2. The fraction of sp³-hybridized carbons (Fsp3) is 0.571. The average Bonchev–Trinajstić information content (AvgIpc) is 2.58. The van der Waals surface area contributed by atoms with Gasteiger partial charge in [0.1, 0.15) is 0 Å². The Morgan fingerprint density at radius 2 is 1.88 bits per heavy atom. The second-order valence-corrected chi connectivity index (χ2v) is 5.01. The van der Waals surface area contributed by atoms with Gasteiger partial charge in [-0.15, -0.1) is 0 Å². The van der Waals surface area contributed by atoms with E-state index < -0.39 is 0 Å². The molecule has 2 atom stereocenters. The van der Waals surface area contributed by atoms with Crippen LogP contribution in [0.2, 0.25) is 0 Å². The first kappa shape index (κ1) is 11.5. The van der Waals surface area contributed by atoms with E-state index in [1.54, 1.807) is 0 Å². The van der Waals surface area contributed by atoms with Crippen LogP contribution in [0.5, 0.6) is 0 Å². The molecule has 1 fully saturated rings. The maximum atomic E-state index is 9.28. The van der Waals surface area contributed by atoms with Crippen LogP contribution in [-0.4, -0.2) is 24.3 Å². The molecule has 1 aliphatic heterocycles. The van der Waals surface area contributed by atoms with E-state index in [-0.39, 0.29) is 0 Å². The molecule has 0 spiro atoms. The maximum absolute atomic E-state index is 9.28. The second kappa shape index (κ2) is 4.46. The Labute approximate surface area is 97.9 Å². The van der Waals surface area contributed by atoms with Gasteiger partial charge in [-0.1, -0.05) is 6.07 Å². The van der Waals surface area contributed by atoms with Gasteiger partial charge in [0.15, 0.2) is 0 Å². The number of hydrogen-bond acceptors (Lipinski definition) is 2. The van der Waals surface area contributed by atoms with Crippen molar-refractivity contribution in [2.45, 2.75) is 33.2 Å². The molecule has 2 nitrogen and oxygen atoms in total. The molecule has 0 bridgehead atoms.